The summed E-state index contributed by atoms with van der Waals surface area (Å²) in [6, 6.07) is 0.125. The average Bonchev–Trinajstić information content (AvgIpc) is 2.66. The van der Waals surface area contributed by atoms with Crippen molar-refractivity contribution in [2.24, 2.45) is 11.8 Å². The topological polar surface area (TPSA) is 58.6 Å². The molecule has 0 aromatic heterocycles. The van der Waals surface area contributed by atoms with Gasteiger partial charge in [-0.1, -0.05) is 0 Å². The Kier molecular flexibility index (Phi) is 1.66. The highest BCUT2D eigenvalue weighted by atomic mass is 16.5. The molecule has 5 heteroatoms. The Balaban J connectivity index is 1.90. The summed E-state index contributed by atoms with van der Waals surface area (Å²) in [5.41, 5.74) is 0. The van der Waals surface area contributed by atoms with Crippen LogP contribution in [0, 0.1) is 11.8 Å². The Bertz CT molecular complexity index is 304. The van der Waals surface area contributed by atoms with Crippen LogP contribution in [-0.2, 0) is 14.3 Å². The van der Waals surface area contributed by atoms with E-state index in [0.717, 1.165) is 13.1 Å². The van der Waals surface area contributed by atoms with Crippen molar-refractivity contribution < 1.29 is 14.3 Å². The van der Waals surface area contributed by atoms with Gasteiger partial charge < -0.3 is 4.74 Å². The number of hydrogen-bond donors (Lipinski definition) is 1. The number of morpholine rings is 1. The summed E-state index contributed by atoms with van der Waals surface area (Å²) >= 11 is 0. The SMILES string of the molecule is O=C1NC(=O)[C@@H]2CN3CCOC[C@H]3[C@H]12. The molecule has 3 heterocycles. The van der Waals surface area contributed by atoms with E-state index in [4.69, 9.17) is 4.74 Å². The van der Waals surface area contributed by atoms with Crippen molar-refractivity contribution >= 4 is 11.8 Å². The van der Waals surface area contributed by atoms with Crippen LogP contribution in [0.1, 0.15) is 0 Å². The smallest absolute Gasteiger partial charge is 0.232 e. The van der Waals surface area contributed by atoms with Crippen molar-refractivity contribution in [1.82, 2.24) is 10.2 Å². The third-order valence-electron chi connectivity index (χ3n) is 3.45. The number of carbonyl (C=O) groups is 2. The van der Waals surface area contributed by atoms with Crippen molar-refractivity contribution in [3.8, 4) is 0 Å². The molecule has 3 rings (SSSR count). The highest BCUT2D eigenvalue weighted by Crippen LogP contribution is 2.35. The number of nitrogens with zero attached hydrogens (tertiary/aromatic N) is 1. The fourth-order valence-corrected chi connectivity index (χ4v) is 2.75. The predicted molar refractivity (Wildman–Crippen MR) is 46.3 cm³/mol. The van der Waals surface area contributed by atoms with Gasteiger partial charge in [-0.25, -0.2) is 0 Å². The van der Waals surface area contributed by atoms with Crippen molar-refractivity contribution in [1.29, 1.82) is 0 Å². The second kappa shape index (κ2) is 2.77. The van der Waals surface area contributed by atoms with Gasteiger partial charge in [-0.05, 0) is 0 Å². The number of amides is 2. The Morgan fingerprint density at radius 1 is 1.36 bits per heavy atom. The highest BCUT2D eigenvalue weighted by molar-refractivity contribution is 6.06. The molecule has 3 fully saturated rings. The zero-order valence-electron chi connectivity index (χ0n) is 7.73. The van der Waals surface area contributed by atoms with Crippen molar-refractivity contribution in [3.63, 3.8) is 0 Å². The lowest BCUT2D eigenvalue weighted by Gasteiger charge is -2.31. The van der Waals surface area contributed by atoms with Gasteiger partial charge in [0.1, 0.15) is 0 Å². The quantitative estimate of drug-likeness (QED) is 0.484. The predicted octanol–water partition coefficient (Wildman–Crippen LogP) is -1.41. The van der Waals surface area contributed by atoms with E-state index >= 15 is 0 Å². The van der Waals surface area contributed by atoms with Crippen LogP contribution in [-0.4, -0.2) is 49.1 Å². The van der Waals surface area contributed by atoms with E-state index in [-0.39, 0.29) is 29.7 Å². The number of fused-ring (bicyclic) bond motifs is 3. The molecule has 3 atom stereocenters. The van der Waals surface area contributed by atoms with Gasteiger partial charge in [-0.3, -0.25) is 19.8 Å². The molecule has 0 radical (unpaired) electrons. The number of imide groups is 1. The zero-order chi connectivity index (χ0) is 9.71. The van der Waals surface area contributed by atoms with E-state index in [1.807, 2.05) is 0 Å². The van der Waals surface area contributed by atoms with Gasteiger partial charge in [0.25, 0.3) is 0 Å². The van der Waals surface area contributed by atoms with E-state index in [0.29, 0.717) is 13.2 Å². The second-order valence-corrected chi connectivity index (χ2v) is 4.12. The summed E-state index contributed by atoms with van der Waals surface area (Å²) in [6.45, 7) is 2.86. The Labute approximate surface area is 81.4 Å². The van der Waals surface area contributed by atoms with Crippen molar-refractivity contribution in [2.75, 3.05) is 26.3 Å². The maximum absolute atomic E-state index is 11.5. The maximum atomic E-state index is 11.5. The molecule has 0 spiro atoms. The summed E-state index contributed by atoms with van der Waals surface area (Å²) in [6.07, 6.45) is 0. The van der Waals surface area contributed by atoms with E-state index < -0.39 is 0 Å². The fraction of sp³-hybridized carbons (Fsp3) is 0.778. The number of nitrogens with one attached hydrogen (secondary N) is 1. The van der Waals surface area contributed by atoms with Crippen LogP contribution in [0.3, 0.4) is 0 Å². The molecule has 3 aliphatic rings. The average molecular weight is 196 g/mol. The molecule has 0 saturated carbocycles. The lowest BCUT2D eigenvalue weighted by atomic mass is 9.93. The van der Waals surface area contributed by atoms with Gasteiger partial charge in [0, 0.05) is 19.1 Å². The lowest BCUT2D eigenvalue weighted by Crippen LogP contribution is -2.46. The molecule has 0 unspecified atom stereocenters. The van der Waals surface area contributed by atoms with Gasteiger partial charge >= 0.3 is 0 Å². The molecule has 76 valence electrons. The first-order valence-electron chi connectivity index (χ1n) is 4.94. The summed E-state index contributed by atoms with van der Waals surface area (Å²) in [4.78, 5) is 25.1. The van der Waals surface area contributed by atoms with E-state index in [9.17, 15) is 9.59 Å². The van der Waals surface area contributed by atoms with Crippen LogP contribution in [0.4, 0.5) is 0 Å². The normalized spacial score (nSPS) is 42.1. The molecule has 0 aliphatic carbocycles. The Morgan fingerprint density at radius 2 is 2.21 bits per heavy atom. The molecular weight excluding hydrogens is 184 g/mol. The molecule has 2 amide bonds. The molecule has 0 bridgehead atoms. The fourth-order valence-electron chi connectivity index (χ4n) is 2.75. The minimum absolute atomic E-state index is 0.102. The second-order valence-electron chi connectivity index (χ2n) is 4.12. The summed E-state index contributed by atoms with van der Waals surface area (Å²) in [5, 5.41) is 2.39. The first-order chi connectivity index (χ1) is 6.77. The van der Waals surface area contributed by atoms with Gasteiger partial charge in [-0.15, -0.1) is 0 Å². The van der Waals surface area contributed by atoms with Crippen LogP contribution in [0.25, 0.3) is 0 Å². The molecule has 0 aromatic rings. The minimum Gasteiger partial charge on any atom is -0.378 e. The largest absolute Gasteiger partial charge is 0.378 e. The Morgan fingerprint density at radius 3 is 3.07 bits per heavy atom. The van der Waals surface area contributed by atoms with Gasteiger partial charge in [-0.2, -0.15) is 0 Å². The van der Waals surface area contributed by atoms with Crippen molar-refractivity contribution in [2.45, 2.75) is 6.04 Å². The van der Waals surface area contributed by atoms with E-state index in [2.05, 4.69) is 10.2 Å². The molecular formula is C9H12N2O3. The molecule has 14 heavy (non-hydrogen) atoms. The summed E-state index contributed by atoms with van der Waals surface area (Å²) < 4.78 is 5.34. The van der Waals surface area contributed by atoms with Crippen LogP contribution in [0.2, 0.25) is 0 Å². The monoisotopic (exact) mass is 196 g/mol. The molecule has 5 nitrogen and oxygen atoms in total. The number of carbonyl (C=O) groups excluding carboxylic acids is 2. The van der Waals surface area contributed by atoms with Crippen LogP contribution in [0.5, 0.6) is 0 Å². The maximum Gasteiger partial charge on any atom is 0.232 e. The van der Waals surface area contributed by atoms with Gasteiger partial charge in [0.15, 0.2) is 0 Å². The minimum atomic E-state index is -0.164. The van der Waals surface area contributed by atoms with Crippen LogP contribution >= 0.6 is 0 Å². The Hall–Kier alpha value is -0.940. The number of hydrogen-bond acceptors (Lipinski definition) is 4. The molecule has 3 aliphatic heterocycles. The number of ether oxygens (including phenoxy) is 1. The zero-order valence-corrected chi connectivity index (χ0v) is 7.73. The van der Waals surface area contributed by atoms with Gasteiger partial charge in [0.2, 0.25) is 11.8 Å². The summed E-state index contributed by atoms with van der Waals surface area (Å²) in [5.74, 6) is -0.510. The first kappa shape index (κ1) is 8.38. The third kappa shape index (κ3) is 0.965. The van der Waals surface area contributed by atoms with E-state index in [1.165, 1.54) is 0 Å². The van der Waals surface area contributed by atoms with E-state index in [1.54, 1.807) is 0 Å². The molecule has 0 aromatic carbocycles. The highest BCUT2D eigenvalue weighted by Gasteiger charge is 2.54. The third-order valence-corrected chi connectivity index (χ3v) is 3.45. The summed E-state index contributed by atoms with van der Waals surface area (Å²) in [7, 11) is 0. The lowest BCUT2D eigenvalue weighted by molar-refractivity contribution is -0.128. The molecule has 3 saturated heterocycles. The standard InChI is InChI=1S/C9H12N2O3/c12-8-5-3-11-1-2-14-4-6(11)7(5)9(13)10-8/h5-7H,1-4H2,(H,10,12,13)/t5-,6+,7-/m1/s1. The molecule has 1 N–H and O–H groups in total. The van der Waals surface area contributed by atoms with Gasteiger partial charge in [0.05, 0.1) is 25.0 Å². The van der Waals surface area contributed by atoms with Crippen LogP contribution < -0.4 is 5.32 Å². The number of rotatable bonds is 0. The first-order valence-corrected chi connectivity index (χ1v) is 4.94. The van der Waals surface area contributed by atoms with Crippen LogP contribution in [0.15, 0.2) is 0 Å². The van der Waals surface area contributed by atoms with Crippen molar-refractivity contribution in [3.05, 3.63) is 0 Å².